The summed E-state index contributed by atoms with van der Waals surface area (Å²) in [5, 5.41) is 11.0. The number of hydrogen-bond acceptors (Lipinski definition) is 5. The third-order valence-electron chi connectivity index (χ3n) is 2.56. The van der Waals surface area contributed by atoms with Crippen molar-refractivity contribution in [1.82, 2.24) is 15.1 Å². The highest BCUT2D eigenvalue weighted by Gasteiger charge is 2.35. The maximum absolute atomic E-state index is 11.5. The molecule has 2 N–H and O–H groups in total. The molecule has 0 saturated carbocycles. The minimum Gasteiger partial charge on any atom is -0.480 e. The molecule has 0 bridgehead atoms. The molecule has 2 amide bonds. The molecular weight excluding hydrogens is 226 g/mol. The molecule has 1 heterocycles. The number of carbonyl (C=O) groups is 3. The highest BCUT2D eigenvalue weighted by atomic mass is 16.4. The molecule has 0 aromatic rings. The van der Waals surface area contributed by atoms with Crippen molar-refractivity contribution >= 4 is 17.8 Å². The first-order valence-electron chi connectivity index (χ1n) is 5.34. The van der Waals surface area contributed by atoms with Gasteiger partial charge in [-0.05, 0) is 14.1 Å². The number of nitrogens with zero attached hydrogens (tertiary/aromatic N) is 2. The number of carboxylic acid groups (broad SMARTS) is 1. The topological polar surface area (TPSA) is 89.9 Å². The second kappa shape index (κ2) is 5.74. The van der Waals surface area contributed by atoms with Crippen LogP contribution in [0.1, 0.15) is 6.42 Å². The van der Waals surface area contributed by atoms with Gasteiger partial charge < -0.3 is 10.0 Å². The Bertz CT molecular complexity index is 330. The van der Waals surface area contributed by atoms with Crippen LogP contribution in [0.4, 0.5) is 0 Å². The molecule has 1 atom stereocenters. The van der Waals surface area contributed by atoms with Crippen LogP contribution in [0.15, 0.2) is 0 Å². The summed E-state index contributed by atoms with van der Waals surface area (Å²) < 4.78 is 0. The number of nitrogens with one attached hydrogen (secondary N) is 1. The van der Waals surface area contributed by atoms with Crippen LogP contribution in [0.2, 0.25) is 0 Å². The number of imide groups is 1. The van der Waals surface area contributed by atoms with Crippen molar-refractivity contribution < 1.29 is 19.5 Å². The monoisotopic (exact) mass is 243 g/mol. The van der Waals surface area contributed by atoms with Crippen LogP contribution >= 0.6 is 0 Å². The molecule has 0 aromatic carbocycles. The first-order chi connectivity index (χ1) is 7.90. The molecule has 0 aliphatic carbocycles. The van der Waals surface area contributed by atoms with Crippen LogP contribution < -0.4 is 5.32 Å². The van der Waals surface area contributed by atoms with E-state index in [-0.39, 0.29) is 18.9 Å². The minimum absolute atomic E-state index is 0.0412. The van der Waals surface area contributed by atoms with Gasteiger partial charge in [-0.25, -0.2) is 0 Å². The Hall–Kier alpha value is -1.47. The van der Waals surface area contributed by atoms with Crippen molar-refractivity contribution in [3.05, 3.63) is 0 Å². The van der Waals surface area contributed by atoms with Crippen LogP contribution in [-0.4, -0.2) is 72.5 Å². The molecule has 1 aliphatic heterocycles. The summed E-state index contributed by atoms with van der Waals surface area (Å²) in [6.07, 6.45) is 0.0412. The fourth-order valence-electron chi connectivity index (χ4n) is 1.68. The molecule has 17 heavy (non-hydrogen) atoms. The van der Waals surface area contributed by atoms with Crippen LogP contribution in [0.5, 0.6) is 0 Å². The zero-order chi connectivity index (χ0) is 13.0. The molecule has 1 unspecified atom stereocenters. The quantitative estimate of drug-likeness (QED) is 0.543. The standard InChI is InChI=1S/C10H17N3O4/c1-12(2)3-4-13(6-9(15)16)7-5-8(14)11-10(7)17/h7H,3-6H2,1-2H3,(H,15,16)(H,11,14,17). The van der Waals surface area contributed by atoms with Crippen molar-refractivity contribution in [2.75, 3.05) is 33.7 Å². The zero-order valence-electron chi connectivity index (χ0n) is 9.97. The molecule has 0 spiro atoms. The average Bonchev–Trinajstić information content (AvgIpc) is 2.51. The zero-order valence-corrected chi connectivity index (χ0v) is 9.97. The Kier molecular flexibility index (Phi) is 4.59. The van der Waals surface area contributed by atoms with Gasteiger partial charge in [0.25, 0.3) is 0 Å². The molecule has 0 aromatic heterocycles. The van der Waals surface area contributed by atoms with Crippen molar-refractivity contribution in [2.45, 2.75) is 12.5 Å². The Balaban J connectivity index is 2.64. The maximum Gasteiger partial charge on any atom is 0.317 e. The van der Waals surface area contributed by atoms with Crippen LogP contribution in [0, 0.1) is 0 Å². The Labute approximate surface area is 99.4 Å². The summed E-state index contributed by atoms with van der Waals surface area (Å²) in [7, 11) is 3.72. The fraction of sp³-hybridized carbons (Fsp3) is 0.700. The molecular formula is C10H17N3O4. The predicted octanol–water partition coefficient (Wildman–Crippen LogP) is -1.65. The Morgan fingerprint density at radius 1 is 1.41 bits per heavy atom. The third-order valence-corrected chi connectivity index (χ3v) is 2.56. The lowest BCUT2D eigenvalue weighted by Gasteiger charge is -2.25. The van der Waals surface area contributed by atoms with Gasteiger partial charge in [-0.1, -0.05) is 0 Å². The van der Waals surface area contributed by atoms with Crippen molar-refractivity contribution in [3.8, 4) is 0 Å². The molecule has 7 heteroatoms. The second-order valence-electron chi connectivity index (χ2n) is 4.30. The summed E-state index contributed by atoms with van der Waals surface area (Å²) in [4.78, 5) is 36.7. The predicted molar refractivity (Wildman–Crippen MR) is 59.3 cm³/mol. The lowest BCUT2D eigenvalue weighted by atomic mass is 10.2. The van der Waals surface area contributed by atoms with Gasteiger partial charge >= 0.3 is 5.97 Å². The first kappa shape index (κ1) is 13.6. The van der Waals surface area contributed by atoms with E-state index >= 15 is 0 Å². The van der Waals surface area contributed by atoms with Crippen molar-refractivity contribution in [2.24, 2.45) is 0 Å². The van der Waals surface area contributed by atoms with Gasteiger partial charge in [-0.2, -0.15) is 0 Å². The molecule has 1 aliphatic rings. The van der Waals surface area contributed by atoms with Gasteiger partial charge in [0.1, 0.15) is 0 Å². The number of hydrogen-bond donors (Lipinski definition) is 2. The number of likely N-dealkylation sites (N-methyl/N-ethyl adjacent to an activating group) is 1. The molecule has 1 saturated heterocycles. The molecule has 1 rings (SSSR count). The van der Waals surface area contributed by atoms with Gasteiger partial charge in [0.15, 0.2) is 0 Å². The van der Waals surface area contributed by atoms with E-state index in [0.29, 0.717) is 13.1 Å². The van der Waals surface area contributed by atoms with E-state index in [4.69, 9.17) is 5.11 Å². The summed E-state index contributed by atoms with van der Waals surface area (Å²) in [6.45, 7) is 0.828. The van der Waals surface area contributed by atoms with Gasteiger partial charge in [-0.3, -0.25) is 24.6 Å². The van der Waals surface area contributed by atoms with Gasteiger partial charge in [-0.15, -0.1) is 0 Å². The minimum atomic E-state index is -1.00. The smallest absolute Gasteiger partial charge is 0.317 e. The number of amides is 2. The van der Waals surface area contributed by atoms with Crippen LogP contribution in [-0.2, 0) is 14.4 Å². The van der Waals surface area contributed by atoms with Gasteiger partial charge in [0, 0.05) is 13.1 Å². The number of carbonyl (C=O) groups excluding carboxylic acids is 2. The average molecular weight is 243 g/mol. The molecule has 1 fully saturated rings. The van der Waals surface area contributed by atoms with Crippen molar-refractivity contribution in [1.29, 1.82) is 0 Å². The summed E-state index contributed by atoms with van der Waals surface area (Å²) in [5.74, 6) is -1.76. The summed E-state index contributed by atoms with van der Waals surface area (Å²) in [6, 6.07) is -0.654. The third kappa shape index (κ3) is 4.12. The molecule has 0 radical (unpaired) electrons. The Morgan fingerprint density at radius 3 is 2.47 bits per heavy atom. The van der Waals surface area contributed by atoms with E-state index in [1.807, 2.05) is 19.0 Å². The van der Waals surface area contributed by atoms with Crippen LogP contribution in [0.3, 0.4) is 0 Å². The largest absolute Gasteiger partial charge is 0.480 e. The van der Waals surface area contributed by atoms with Crippen LogP contribution in [0.25, 0.3) is 0 Å². The summed E-state index contributed by atoms with van der Waals surface area (Å²) in [5.41, 5.74) is 0. The Morgan fingerprint density at radius 2 is 2.06 bits per heavy atom. The maximum atomic E-state index is 11.5. The lowest BCUT2D eigenvalue weighted by molar-refractivity contribution is -0.139. The highest BCUT2D eigenvalue weighted by molar-refractivity contribution is 6.05. The fourth-order valence-corrected chi connectivity index (χ4v) is 1.68. The normalized spacial score (nSPS) is 20.1. The molecule has 96 valence electrons. The van der Waals surface area contributed by atoms with E-state index in [0.717, 1.165) is 0 Å². The number of carboxylic acids is 1. The van der Waals surface area contributed by atoms with Gasteiger partial charge in [0.2, 0.25) is 11.8 Å². The SMILES string of the molecule is CN(C)CCN(CC(=O)O)C1CC(=O)NC1=O. The van der Waals surface area contributed by atoms with E-state index in [1.165, 1.54) is 4.90 Å². The first-order valence-corrected chi connectivity index (χ1v) is 5.34. The second-order valence-corrected chi connectivity index (χ2v) is 4.30. The van der Waals surface area contributed by atoms with Gasteiger partial charge in [0.05, 0.1) is 19.0 Å². The van der Waals surface area contributed by atoms with Crippen molar-refractivity contribution in [3.63, 3.8) is 0 Å². The van der Waals surface area contributed by atoms with E-state index in [9.17, 15) is 14.4 Å². The lowest BCUT2D eigenvalue weighted by Crippen LogP contribution is -2.46. The number of rotatable bonds is 6. The molecule has 7 nitrogen and oxygen atoms in total. The van der Waals surface area contributed by atoms with E-state index < -0.39 is 17.9 Å². The highest BCUT2D eigenvalue weighted by Crippen LogP contribution is 2.10. The summed E-state index contributed by atoms with van der Waals surface area (Å²) >= 11 is 0. The van der Waals surface area contributed by atoms with E-state index in [1.54, 1.807) is 0 Å². The van der Waals surface area contributed by atoms with E-state index in [2.05, 4.69) is 5.32 Å². The number of aliphatic carboxylic acids is 1.